The van der Waals surface area contributed by atoms with E-state index in [4.69, 9.17) is 0 Å². The van der Waals surface area contributed by atoms with E-state index in [1.54, 1.807) is 24.3 Å². The van der Waals surface area contributed by atoms with Gasteiger partial charge in [0.15, 0.2) is 5.78 Å². The van der Waals surface area contributed by atoms with Gasteiger partial charge >= 0.3 is 0 Å². The van der Waals surface area contributed by atoms with E-state index < -0.39 is 0 Å². The lowest BCUT2D eigenvalue weighted by Crippen LogP contribution is -2.33. The number of amides is 1. The van der Waals surface area contributed by atoms with Crippen molar-refractivity contribution in [1.29, 1.82) is 0 Å². The van der Waals surface area contributed by atoms with Crippen molar-refractivity contribution in [1.82, 2.24) is 10.2 Å². The van der Waals surface area contributed by atoms with Gasteiger partial charge in [-0.25, -0.2) is 0 Å². The molecule has 0 unspecified atom stereocenters. The van der Waals surface area contributed by atoms with E-state index in [-0.39, 0.29) is 11.7 Å². The van der Waals surface area contributed by atoms with Crippen LogP contribution < -0.4 is 5.32 Å². The van der Waals surface area contributed by atoms with Crippen LogP contribution in [0.4, 0.5) is 0 Å². The summed E-state index contributed by atoms with van der Waals surface area (Å²) < 4.78 is 0. The molecule has 0 aromatic heterocycles. The van der Waals surface area contributed by atoms with Crippen molar-refractivity contribution in [2.24, 2.45) is 0 Å². The van der Waals surface area contributed by atoms with Gasteiger partial charge < -0.3 is 10.2 Å². The van der Waals surface area contributed by atoms with E-state index in [1.807, 2.05) is 7.05 Å². The Labute approximate surface area is 108 Å². The number of hydrogen-bond donors (Lipinski definition) is 1. The van der Waals surface area contributed by atoms with Gasteiger partial charge in [-0.2, -0.15) is 0 Å². The fourth-order valence-electron chi connectivity index (χ4n) is 1.60. The SMILES string of the molecule is CCN(C)CCNC(=O)c1ccccc1C(C)=O. The molecule has 98 valence electrons. The van der Waals surface area contributed by atoms with Crippen LogP contribution in [0.5, 0.6) is 0 Å². The molecule has 0 aliphatic heterocycles. The smallest absolute Gasteiger partial charge is 0.252 e. The van der Waals surface area contributed by atoms with Gasteiger partial charge in [-0.3, -0.25) is 9.59 Å². The molecule has 0 aliphatic rings. The summed E-state index contributed by atoms with van der Waals surface area (Å²) in [6, 6.07) is 6.88. The van der Waals surface area contributed by atoms with Crippen molar-refractivity contribution < 1.29 is 9.59 Å². The van der Waals surface area contributed by atoms with Gasteiger partial charge in [0.2, 0.25) is 0 Å². The highest BCUT2D eigenvalue weighted by atomic mass is 16.2. The highest BCUT2D eigenvalue weighted by Gasteiger charge is 2.13. The summed E-state index contributed by atoms with van der Waals surface area (Å²) in [6.45, 7) is 5.85. The van der Waals surface area contributed by atoms with Crippen LogP contribution in [0.15, 0.2) is 24.3 Å². The second kappa shape index (κ2) is 6.91. The van der Waals surface area contributed by atoms with Crippen molar-refractivity contribution in [2.45, 2.75) is 13.8 Å². The fourth-order valence-corrected chi connectivity index (χ4v) is 1.60. The van der Waals surface area contributed by atoms with Gasteiger partial charge in [0.05, 0.1) is 5.56 Å². The van der Waals surface area contributed by atoms with Crippen LogP contribution in [0.25, 0.3) is 0 Å². The maximum atomic E-state index is 12.0. The van der Waals surface area contributed by atoms with E-state index in [1.165, 1.54) is 6.92 Å². The van der Waals surface area contributed by atoms with Crippen LogP contribution >= 0.6 is 0 Å². The maximum absolute atomic E-state index is 12.0. The highest BCUT2D eigenvalue weighted by molar-refractivity contribution is 6.07. The van der Waals surface area contributed by atoms with Crippen LogP contribution in [-0.2, 0) is 0 Å². The molecular weight excluding hydrogens is 228 g/mol. The Kier molecular flexibility index (Phi) is 5.52. The average Bonchev–Trinajstić information content (AvgIpc) is 2.38. The molecule has 0 bridgehead atoms. The lowest BCUT2D eigenvalue weighted by Gasteiger charge is -2.14. The van der Waals surface area contributed by atoms with Gasteiger partial charge in [0.25, 0.3) is 5.91 Å². The number of hydrogen-bond acceptors (Lipinski definition) is 3. The van der Waals surface area contributed by atoms with Gasteiger partial charge in [0, 0.05) is 18.7 Å². The molecule has 1 amide bonds. The topological polar surface area (TPSA) is 49.4 Å². The van der Waals surface area contributed by atoms with E-state index in [9.17, 15) is 9.59 Å². The third-order valence-corrected chi connectivity index (χ3v) is 2.87. The molecule has 0 heterocycles. The quantitative estimate of drug-likeness (QED) is 0.777. The van der Waals surface area contributed by atoms with Crippen LogP contribution in [0, 0.1) is 0 Å². The summed E-state index contributed by atoms with van der Waals surface area (Å²) in [7, 11) is 2.00. The number of rotatable bonds is 6. The largest absolute Gasteiger partial charge is 0.351 e. The molecule has 4 nitrogen and oxygen atoms in total. The molecule has 4 heteroatoms. The van der Waals surface area contributed by atoms with Crippen molar-refractivity contribution in [3.05, 3.63) is 35.4 Å². The Bertz CT molecular complexity index is 430. The van der Waals surface area contributed by atoms with E-state index in [2.05, 4.69) is 17.1 Å². The summed E-state index contributed by atoms with van der Waals surface area (Å²) in [5.41, 5.74) is 0.919. The number of Topliss-reactive ketones (excluding diaryl/α,β-unsaturated/α-hetero) is 1. The fraction of sp³-hybridized carbons (Fsp3) is 0.429. The first-order valence-electron chi connectivity index (χ1n) is 6.13. The Morgan fingerprint density at radius 3 is 2.39 bits per heavy atom. The Balaban J connectivity index is 2.64. The van der Waals surface area contributed by atoms with Crippen LogP contribution in [-0.4, -0.2) is 43.3 Å². The van der Waals surface area contributed by atoms with Crippen molar-refractivity contribution >= 4 is 11.7 Å². The normalized spacial score (nSPS) is 10.4. The summed E-state index contributed by atoms with van der Waals surface area (Å²) in [4.78, 5) is 25.5. The molecule has 0 aliphatic carbocycles. The molecule has 18 heavy (non-hydrogen) atoms. The average molecular weight is 248 g/mol. The molecule has 0 radical (unpaired) electrons. The van der Waals surface area contributed by atoms with E-state index >= 15 is 0 Å². The standard InChI is InChI=1S/C14H20N2O2/c1-4-16(3)10-9-15-14(18)13-8-6-5-7-12(13)11(2)17/h5-8H,4,9-10H2,1-3H3,(H,15,18). The molecule has 0 fully saturated rings. The summed E-state index contributed by atoms with van der Waals surface area (Å²) in [5, 5.41) is 2.83. The number of ketones is 1. The first-order chi connectivity index (χ1) is 8.56. The van der Waals surface area contributed by atoms with Crippen molar-refractivity contribution in [2.75, 3.05) is 26.7 Å². The molecule has 1 aromatic carbocycles. The van der Waals surface area contributed by atoms with Crippen LogP contribution in [0.3, 0.4) is 0 Å². The minimum atomic E-state index is -0.190. The second-order valence-corrected chi connectivity index (χ2v) is 4.25. The zero-order valence-corrected chi connectivity index (χ0v) is 11.2. The summed E-state index contributed by atoms with van der Waals surface area (Å²) in [5.74, 6) is -0.281. The minimum absolute atomic E-state index is 0.0913. The third-order valence-electron chi connectivity index (χ3n) is 2.87. The van der Waals surface area contributed by atoms with E-state index in [0.29, 0.717) is 17.7 Å². The maximum Gasteiger partial charge on any atom is 0.252 e. The van der Waals surface area contributed by atoms with Crippen molar-refractivity contribution in [3.63, 3.8) is 0 Å². The van der Waals surface area contributed by atoms with Crippen molar-refractivity contribution in [3.8, 4) is 0 Å². The number of carbonyl (C=O) groups is 2. The molecule has 0 spiro atoms. The lowest BCUT2D eigenvalue weighted by molar-refractivity contribution is 0.0936. The number of likely N-dealkylation sites (N-methyl/N-ethyl adjacent to an activating group) is 1. The van der Waals surface area contributed by atoms with E-state index in [0.717, 1.165) is 13.1 Å². The molecule has 0 saturated carbocycles. The summed E-state index contributed by atoms with van der Waals surface area (Å²) >= 11 is 0. The number of benzene rings is 1. The third kappa shape index (κ3) is 3.96. The van der Waals surface area contributed by atoms with Gasteiger partial charge in [-0.1, -0.05) is 25.1 Å². The zero-order valence-electron chi connectivity index (χ0n) is 11.2. The van der Waals surface area contributed by atoms with Gasteiger partial charge in [-0.15, -0.1) is 0 Å². The predicted octanol–water partition coefficient (Wildman–Crippen LogP) is 1.57. The highest BCUT2D eigenvalue weighted by Crippen LogP contribution is 2.09. The first-order valence-corrected chi connectivity index (χ1v) is 6.13. The second-order valence-electron chi connectivity index (χ2n) is 4.25. The molecular formula is C14H20N2O2. The van der Waals surface area contributed by atoms with Crippen LogP contribution in [0.1, 0.15) is 34.6 Å². The number of nitrogens with zero attached hydrogens (tertiary/aromatic N) is 1. The summed E-state index contributed by atoms with van der Waals surface area (Å²) in [6.07, 6.45) is 0. The molecule has 1 aromatic rings. The minimum Gasteiger partial charge on any atom is -0.351 e. The zero-order chi connectivity index (χ0) is 13.5. The lowest BCUT2D eigenvalue weighted by atomic mass is 10.0. The van der Waals surface area contributed by atoms with Crippen LogP contribution in [0.2, 0.25) is 0 Å². The Hall–Kier alpha value is -1.68. The van der Waals surface area contributed by atoms with Gasteiger partial charge in [-0.05, 0) is 26.6 Å². The number of carbonyl (C=O) groups excluding carboxylic acids is 2. The number of nitrogens with one attached hydrogen (secondary N) is 1. The molecule has 0 saturated heterocycles. The molecule has 1 rings (SSSR count). The Morgan fingerprint density at radius 2 is 1.83 bits per heavy atom. The molecule has 0 atom stereocenters. The first kappa shape index (κ1) is 14.4. The molecule has 1 N–H and O–H groups in total. The Morgan fingerprint density at radius 1 is 1.22 bits per heavy atom. The monoisotopic (exact) mass is 248 g/mol. The van der Waals surface area contributed by atoms with Gasteiger partial charge in [0.1, 0.15) is 0 Å². The predicted molar refractivity (Wildman–Crippen MR) is 72.0 cm³/mol.